The Balaban J connectivity index is 1.32. The number of anilines is 2. The number of aliphatic hydroxyl groups excluding tert-OH is 1. The number of hydrogen-bond donors (Lipinski definition) is 4. The van der Waals surface area contributed by atoms with E-state index >= 15 is 0 Å². The number of benzene rings is 1. The molecule has 8 nitrogen and oxygen atoms in total. The third-order valence-corrected chi connectivity index (χ3v) is 7.66. The first-order chi connectivity index (χ1) is 17.0. The molecule has 4 N–H and O–H groups in total. The summed E-state index contributed by atoms with van der Waals surface area (Å²) < 4.78 is 1.87. The molecule has 35 heavy (non-hydrogen) atoms. The maximum absolute atomic E-state index is 12.6. The third kappa shape index (κ3) is 4.72. The van der Waals surface area contributed by atoms with Gasteiger partial charge in [0.1, 0.15) is 11.6 Å². The summed E-state index contributed by atoms with van der Waals surface area (Å²) in [7, 11) is 0. The standard InChI is InChI=1S/C27H34N6O2/c1-16-10-18(6-9-22(16)27(35)31-20-7-8-20)23-15-29-33-25(28-14-17-11-21(34)12-17)13-24(32-26(23)33)30-19-4-2-3-5-19/h6,9-10,13,15,17,19-21,28,34H,2-5,7-8,11-12,14H2,1H3,(H,30,32)(H,31,35)/t17-,21-. The Labute approximate surface area is 205 Å². The van der Waals surface area contributed by atoms with Crippen molar-refractivity contribution in [3.63, 3.8) is 0 Å². The van der Waals surface area contributed by atoms with E-state index < -0.39 is 0 Å². The Morgan fingerprint density at radius 1 is 1.11 bits per heavy atom. The third-order valence-electron chi connectivity index (χ3n) is 7.66. The molecule has 3 aliphatic carbocycles. The van der Waals surface area contributed by atoms with Gasteiger partial charge < -0.3 is 21.1 Å². The number of carbonyl (C=O) groups excluding carboxylic acids is 1. The molecule has 0 unspecified atom stereocenters. The summed E-state index contributed by atoms with van der Waals surface area (Å²) in [4.78, 5) is 17.6. The lowest BCUT2D eigenvalue weighted by atomic mass is 9.82. The van der Waals surface area contributed by atoms with Gasteiger partial charge in [-0.3, -0.25) is 4.79 Å². The van der Waals surface area contributed by atoms with Crippen LogP contribution >= 0.6 is 0 Å². The van der Waals surface area contributed by atoms with E-state index in [9.17, 15) is 9.90 Å². The van der Waals surface area contributed by atoms with Crippen molar-refractivity contribution < 1.29 is 9.90 Å². The highest BCUT2D eigenvalue weighted by molar-refractivity contribution is 5.97. The summed E-state index contributed by atoms with van der Waals surface area (Å²) in [6.45, 7) is 2.79. The van der Waals surface area contributed by atoms with Gasteiger partial charge in [-0.05, 0) is 68.6 Å². The molecule has 3 aromatic rings. The van der Waals surface area contributed by atoms with Crippen LogP contribution in [0.25, 0.3) is 16.8 Å². The van der Waals surface area contributed by atoms with Crippen molar-refractivity contribution in [2.75, 3.05) is 17.2 Å². The van der Waals surface area contributed by atoms with Crippen molar-refractivity contribution in [2.24, 2.45) is 5.92 Å². The van der Waals surface area contributed by atoms with Crippen LogP contribution in [-0.2, 0) is 0 Å². The molecule has 3 saturated carbocycles. The predicted octanol–water partition coefficient (Wildman–Crippen LogP) is 4.13. The number of aryl methyl sites for hydroxylation is 1. The van der Waals surface area contributed by atoms with Crippen LogP contribution in [0.1, 0.15) is 67.3 Å². The minimum Gasteiger partial charge on any atom is -0.393 e. The van der Waals surface area contributed by atoms with Gasteiger partial charge in [-0.15, -0.1) is 0 Å². The second-order valence-electron chi connectivity index (χ2n) is 10.6. The fourth-order valence-corrected chi connectivity index (χ4v) is 5.34. The van der Waals surface area contributed by atoms with Gasteiger partial charge in [0.2, 0.25) is 0 Å². The van der Waals surface area contributed by atoms with Crippen molar-refractivity contribution in [3.8, 4) is 11.1 Å². The molecule has 0 aliphatic heterocycles. The molecule has 8 heteroatoms. The van der Waals surface area contributed by atoms with Crippen LogP contribution in [0.2, 0.25) is 0 Å². The first-order valence-corrected chi connectivity index (χ1v) is 13.0. The summed E-state index contributed by atoms with van der Waals surface area (Å²) >= 11 is 0. The number of amides is 1. The van der Waals surface area contributed by atoms with Gasteiger partial charge in [0.15, 0.2) is 5.65 Å². The number of aliphatic hydroxyl groups is 1. The van der Waals surface area contributed by atoms with E-state index in [4.69, 9.17) is 4.98 Å². The van der Waals surface area contributed by atoms with E-state index in [0.717, 1.165) is 71.8 Å². The smallest absolute Gasteiger partial charge is 0.251 e. The van der Waals surface area contributed by atoms with E-state index in [1.807, 2.05) is 35.8 Å². The van der Waals surface area contributed by atoms with Crippen LogP contribution in [-0.4, -0.2) is 50.3 Å². The zero-order chi connectivity index (χ0) is 23.9. The molecular weight excluding hydrogens is 440 g/mol. The highest BCUT2D eigenvalue weighted by atomic mass is 16.3. The number of nitrogens with zero attached hydrogens (tertiary/aromatic N) is 3. The fraction of sp³-hybridized carbons (Fsp3) is 0.519. The Morgan fingerprint density at radius 3 is 2.63 bits per heavy atom. The van der Waals surface area contributed by atoms with Gasteiger partial charge in [-0.2, -0.15) is 9.61 Å². The molecule has 0 atom stereocenters. The van der Waals surface area contributed by atoms with E-state index in [0.29, 0.717) is 18.0 Å². The van der Waals surface area contributed by atoms with Gasteiger partial charge in [-0.25, -0.2) is 4.98 Å². The summed E-state index contributed by atoms with van der Waals surface area (Å²) in [6, 6.07) is 8.80. The van der Waals surface area contributed by atoms with Crippen molar-refractivity contribution in [2.45, 2.75) is 76.5 Å². The Kier molecular flexibility index (Phi) is 5.84. The van der Waals surface area contributed by atoms with Gasteiger partial charge in [-0.1, -0.05) is 25.0 Å². The molecule has 3 fully saturated rings. The highest BCUT2D eigenvalue weighted by Gasteiger charge is 2.27. The Bertz CT molecular complexity index is 1240. The zero-order valence-electron chi connectivity index (χ0n) is 20.3. The number of aromatic nitrogens is 3. The van der Waals surface area contributed by atoms with E-state index in [2.05, 4.69) is 27.1 Å². The number of carbonyl (C=O) groups is 1. The van der Waals surface area contributed by atoms with Crippen LogP contribution in [0.3, 0.4) is 0 Å². The first kappa shape index (κ1) is 22.3. The van der Waals surface area contributed by atoms with Crippen molar-refractivity contribution in [1.82, 2.24) is 19.9 Å². The number of fused-ring (bicyclic) bond motifs is 1. The molecule has 184 valence electrons. The summed E-state index contributed by atoms with van der Waals surface area (Å²) in [5.41, 5.74) is 4.40. The average Bonchev–Trinajstić information content (AvgIpc) is 3.29. The molecule has 6 rings (SSSR count). The summed E-state index contributed by atoms with van der Waals surface area (Å²) in [5.74, 6) is 2.25. The van der Waals surface area contributed by atoms with Gasteiger partial charge in [0.25, 0.3) is 5.91 Å². The van der Waals surface area contributed by atoms with Gasteiger partial charge in [0.05, 0.1) is 12.3 Å². The summed E-state index contributed by atoms with van der Waals surface area (Å²) in [5, 5.41) is 24.6. The van der Waals surface area contributed by atoms with Crippen molar-refractivity contribution in [3.05, 3.63) is 41.6 Å². The first-order valence-electron chi connectivity index (χ1n) is 13.0. The molecule has 2 aromatic heterocycles. The van der Waals surface area contributed by atoms with Gasteiger partial charge >= 0.3 is 0 Å². The molecule has 2 heterocycles. The molecule has 3 aliphatic rings. The maximum Gasteiger partial charge on any atom is 0.251 e. The quantitative estimate of drug-likeness (QED) is 0.391. The largest absolute Gasteiger partial charge is 0.393 e. The molecule has 1 amide bonds. The normalized spacial score (nSPS) is 22.2. The van der Waals surface area contributed by atoms with Crippen LogP contribution < -0.4 is 16.0 Å². The van der Waals surface area contributed by atoms with Crippen molar-refractivity contribution >= 4 is 23.2 Å². The van der Waals surface area contributed by atoms with Crippen molar-refractivity contribution in [1.29, 1.82) is 0 Å². The van der Waals surface area contributed by atoms with Crippen LogP contribution in [0.4, 0.5) is 11.6 Å². The zero-order valence-corrected chi connectivity index (χ0v) is 20.3. The van der Waals surface area contributed by atoms with Crippen LogP contribution in [0.15, 0.2) is 30.5 Å². The molecular formula is C27H34N6O2. The van der Waals surface area contributed by atoms with Crippen LogP contribution in [0, 0.1) is 12.8 Å². The molecule has 1 aromatic carbocycles. The second kappa shape index (κ2) is 9.15. The lowest BCUT2D eigenvalue weighted by molar-refractivity contribution is 0.0486. The molecule has 0 radical (unpaired) electrons. The lowest BCUT2D eigenvalue weighted by Gasteiger charge is -2.31. The summed E-state index contributed by atoms with van der Waals surface area (Å²) in [6.07, 6.45) is 10.4. The van der Waals surface area contributed by atoms with Gasteiger partial charge in [0, 0.05) is 35.8 Å². The molecule has 0 bridgehead atoms. The lowest BCUT2D eigenvalue weighted by Crippen LogP contribution is -2.33. The topological polar surface area (TPSA) is 104 Å². The van der Waals surface area contributed by atoms with Crippen LogP contribution in [0.5, 0.6) is 0 Å². The number of nitrogens with one attached hydrogen (secondary N) is 3. The monoisotopic (exact) mass is 474 g/mol. The number of hydrogen-bond acceptors (Lipinski definition) is 6. The fourth-order valence-electron chi connectivity index (χ4n) is 5.34. The second-order valence-corrected chi connectivity index (χ2v) is 10.6. The Morgan fingerprint density at radius 2 is 1.91 bits per heavy atom. The molecule has 0 saturated heterocycles. The van der Waals surface area contributed by atoms with E-state index in [1.165, 1.54) is 25.7 Å². The number of rotatable bonds is 8. The SMILES string of the molecule is Cc1cc(-c2cnn3c(NC[C@H]4C[C@H](O)C4)cc(NC4CCCC4)nc23)ccc1C(=O)NC1CC1. The van der Waals surface area contributed by atoms with E-state index in [-0.39, 0.29) is 12.0 Å². The average molecular weight is 475 g/mol. The highest BCUT2D eigenvalue weighted by Crippen LogP contribution is 2.32. The maximum atomic E-state index is 12.6. The Hall–Kier alpha value is -3.13. The minimum absolute atomic E-state index is 0.00480. The predicted molar refractivity (Wildman–Crippen MR) is 137 cm³/mol. The minimum atomic E-state index is -0.160. The van der Waals surface area contributed by atoms with E-state index in [1.54, 1.807) is 0 Å². The molecule has 0 spiro atoms.